The van der Waals surface area contributed by atoms with Crippen molar-refractivity contribution in [3.8, 4) is 5.75 Å². The molecule has 1 aromatic rings. The van der Waals surface area contributed by atoms with Gasteiger partial charge in [-0.1, -0.05) is 136 Å². The van der Waals surface area contributed by atoms with E-state index < -0.39 is 0 Å². The SMILES string of the molecule is CCCCCCCCCCCCCCCCCCCCCC(=O)Nc1ccc(OCC(C)C)cc1. The highest BCUT2D eigenvalue weighted by Crippen LogP contribution is 2.18. The second-order valence-electron chi connectivity index (χ2n) is 10.9. The number of rotatable bonds is 24. The van der Waals surface area contributed by atoms with Gasteiger partial charge in [0.05, 0.1) is 6.61 Å². The molecule has 0 unspecified atom stereocenters. The summed E-state index contributed by atoms with van der Waals surface area (Å²) < 4.78 is 5.69. The molecule has 0 aliphatic carbocycles. The Bertz CT molecular complexity index is 596. The topological polar surface area (TPSA) is 38.3 Å². The zero-order chi connectivity index (χ0) is 25.4. The minimum atomic E-state index is 0.118. The molecule has 1 rings (SSSR count). The van der Waals surface area contributed by atoms with Crippen molar-refractivity contribution in [3.63, 3.8) is 0 Å². The summed E-state index contributed by atoms with van der Waals surface area (Å²) in [6, 6.07) is 7.69. The molecule has 202 valence electrons. The zero-order valence-electron chi connectivity index (χ0n) is 23.6. The van der Waals surface area contributed by atoms with Gasteiger partial charge in [0, 0.05) is 12.1 Å². The molecule has 0 bridgehead atoms. The molecule has 0 saturated carbocycles. The standard InChI is InChI=1S/C32H57NO2/c1-4-5-6-7-8-9-10-11-12-13-14-15-16-17-18-19-20-21-22-23-32(34)33-30-24-26-31(27-25-30)35-28-29(2)3/h24-27,29H,4-23,28H2,1-3H3,(H,33,34). The van der Waals surface area contributed by atoms with Crippen LogP contribution in [0, 0.1) is 5.92 Å². The molecule has 3 nitrogen and oxygen atoms in total. The van der Waals surface area contributed by atoms with Gasteiger partial charge in [0.15, 0.2) is 0 Å². The maximum Gasteiger partial charge on any atom is 0.224 e. The van der Waals surface area contributed by atoms with E-state index in [-0.39, 0.29) is 5.91 Å². The summed E-state index contributed by atoms with van der Waals surface area (Å²) in [7, 11) is 0. The Morgan fingerprint density at radius 1 is 0.657 bits per heavy atom. The molecule has 3 heteroatoms. The minimum absolute atomic E-state index is 0.118. The van der Waals surface area contributed by atoms with Gasteiger partial charge in [-0.3, -0.25) is 4.79 Å². The van der Waals surface area contributed by atoms with Crippen LogP contribution in [-0.4, -0.2) is 12.5 Å². The second-order valence-corrected chi connectivity index (χ2v) is 10.9. The number of nitrogens with one attached hydrogen (secondary N) is 1. The smallest absolute Gasteiger partial charge is 0.224 e. The normalized spacial score (nSPS) is 11.2. The number of benzene rings is 1. The number of carbonyl (C=O) groups excluding carboxylic acids is 1. The molecule has 1 aromatic carbocycles. The average Bonchev–Trinajstić information content (AvgIpc) is 2.85. The van der Waals surface area contributed by atoms with Gasteiger partial charge in [-0.05, 0) is 36.6 Å². The molecule has 0 radical (unpaired) electrons. The Kier molecular flexibility index (Phi) is 20.6. The third kappa shape index (κ3) is 20.4. The summed E-state index contributed by atoms with van der Waals surface area (Å²) in [4.78, 5) is 12.2. The molecular weight excluding hydrogens is 430 g/mol. The van der Waals surface area contributed by atoms with E-state index in [2.05, 4.69) is 26.1 Å². The van der Waals surface area contributed by atoms with Crippen LogP contribution >= 0.6 is 0 Å². The Balaban J connectivity index is 1.83. The molecule has 0 aromatic heterocycles. The molecule has 0 heterocycles. The van der Waals surface area contributed by atoms with E-state index in [0.29, 0.717) is 18.9 Å². The van der Waals surface area contributed by atoms with Crippen LogP contribution in [0.2, 0.25) is 0 Å². The van der Waals surface area contributed by atoms with E-state index in [1.807, 2.05) is 24.3 Å². The van der Waals surface area contributed by atoms with E-state index in [1.165, 1.54) is 109 Å². The van der Waals surface area contributed by atoms with Crippen molar-refractivity contribution >= 4 is 11.6 Å². The fourth-order valence-corrected chi connectivity index (χ4v) is 4.48. The number of hydrogen-bond donors (Lipinski definition) is 1. The maximum absolute atomic E-state index is 12.2. The minimum Gasteiger partial charge on any atom is -0.493 e. The number of hydrogen-bond acceptors (Lipinski definition) is 2. The molecule has 0 aliphatic rings. The van der Waals surface area contributed by atoms with Crippen molar-refractivity contribution in [3.05, 3.63) is 24.3 Å². The number of unbranched alkanes of at least 4 members (excludes halogenated alkanes) is 18. The molecule has 0 fully saturated rings. The Hall–Kier alpha value is -1.51. The van der Waals surface area contributed by atoms with Gasteiger partial charge < -0.3 is 10.1 Å². The maximum atomic E-state index is 12.2. The highest BCUT2D eigenvalue weighted by Gasteiger charge is 2.03. The number of anilines is 1. The molecule has 0 atom stereocenters. The van der Waals surface area contributed by atoms with Crippen molar-refractivity contribution in [1.82, 2.24) is 0 Å². The molecular formula is C32H57NO2. The lowest BCUT2D eigenvalue weighted by atomic mass is 10.0. The fourth-order valence-electron chi connectivity index (χ4n) is 4.48. The first-order valence-electron chi connectivity index (χ1n) is 15.1. The van der Waals surface area contributed by atoms with Crippen LogP contribution in [0.25, 0.3) is 0 Å². The Labute approximate surface area is 218 Å². The monoisotopic (exact) mass is 487 g/mol. The summed E-state index contributed by atoms with van der Waals surface area (Å²) in [6.45, 7) is 7.27. The summed E-state index contributed by atoms with van der Waals surface area (Å²) in [5.41, 5.74) is 0.852. The van der Waals surface area contributed by atoms with E-state index in [1.54, 1.807) is 0 Å². The van der Waals surface area contributed by atoms with E-state index >= 15 is 0 Å². The molecule has 0 aliphatic heterocycles. The van der Waals surface area contributed by atoms with Crippen molar-refractivity contribution < 1.29 is 9.53 Å². The average molecular weight is 488 g/mol. The molecule has 35 heavy (non-hydrogen) atoms. The molecule has 1 N–H and O–H groups in total. The van der Waals surface area contributed by atoms with Crippen LogP contribution in [0.4, 0.5) is 5.69 Å². The molecule has 0 saturated heterocycles. The number of ether oxygens (including phenoxy) is 1. The molecule has 1 amide bonds. The summed E-state index contributed by atoms with van der Waals surface area (Å²) >= 11 is 0. The summed E-state index contributed by atoms with van der Waals surface area (Å²) in [6.07, 6.45) is 26.7. The lowest BCUT2D eigenvalue weighted by Gasteiger charge is -2.10. The van der Waals surface area contributed by atoms with Crippen LogP contribution < -0.4 is 10.1 Å². The summed E-state index contributed by atoms with van der Waals surface area (Å²) in [5, 5.41) is 3.00. The number of carbonyl (C=O) groups is 1. The van der Waals surface area contributed by atoms with Crippen LogP contribution in [0.3, 0.4) is 0 Å². The van der Waals surface area contributed by atoms with Crippen LogP contribution in [-0.2, 0) is 4.79 Å². The first kappa shape index (κ1) is 31.5. The van der Waals surface area contributed by atoms with Gasteiger partial charge in [0.25, 0.3) is 0 Å². The van der Waals surface area contributed by atoms with Crippen molar-refractivity contribution in [2.24, 2.45) is 5.92 Å². The molecule has 0 spiro atoms. The van der Waals surface area contributed by atoms with Gasteiger partial charge in [-0.2, -0.15) is 0 Å². The van der Waals surface area contributed by atoms with Gasteiger partial charge in [0.2, 0.25) is 5.91 Å². The van der Waals surface area contributed by atoms with Gasteiger partial charge in [-0.15, -0.1) is 0 Å². The first-order valence-corrected chi connectivity index (χ1v) is 15.1. The largest absolute Gasteiger partial charge is 0.493 e. The first-order chi connectivity index (χ1) is 17.1. The van der Waals surface area contributed by atoms with Gasteiger partial charge >= 0.3 is 0 Å². The van der Waals surface area contributed by atoms with Crippen molar-refractivity contribution in [2.45, 2.75) is 149 Å². The summed E-state index contributed by atoms with van der Waals surface area (Å²) in [5.74, 6) is 1.48. The van der Waals surface area contributed by atoms with Gasteiger partial charge in [-0.25, -0.2) is 0 Å². The second kappa shape index (κ2) is 22.9. The van der Waals surface area contributed by atoms with Crippen molar-refractivity contribution in [1.29, 1.82) is 0 Å². The Morgan fingerprint density at radius 3 is 1.46 bits per heavy atom. The lowest BCUT2D eigenvalue weighted by Crippen LogP contribution is -2.11. The lowest BCUT2D eigenvalue weighted by molar-refractivity contribution is -0.116. The highest BCUT2D eigenvalue weighted by molar-refractivity contribution is 5.90. The van der Waals surface area contributed by atoms with Gasteiger partial charge in [0.1, 0.15) is 5.75 Å². The quantitative estimate of drug-likeness (QED) is 0.147. The predicted octanol–water partition coefficient (Wildman–Crippen LogP) is 10.5. The third-order valence-electron chi connectivity index (χ3n) is 6.73. The van der Waals surface area contributed by atoms with Crippen LogP contribution in [0.5, 0.6) is 5.75 Å². The van der Waals surface area contributed by atoms with E-state index in [4.69, 9.17) is 4.74 Å². The van der Waals surface area contributed by atoms with E-state index in [0.717, 1.165) is 24.3 Å². The van der Waals surface area contributed by atoms with Crippen LogP contribution in [0.15, 0.2) is 24.3 Å². The highest BCUT2D eigenvalue weighted by atomic mass is 16.5. The Morgan fingerprint density at radius 2 is 1.06 bits per heavy atom. The third-order valence-corrected chi connectivity index (χ3v) is 6.73. The predicted molar refractivity (Wildman–Crippen MR) is 153 cm³/mol. The number of amides is 1. The zero-order valence-corrected chi connectivity index (χ0v) is 23.6. The van der Waals surface area contributed by atoms with E-state index in [9.17, 15) is 4.79 Å². The fraction of sp³-hybridized carbons (Fsp3) is 0.781. The van der Waals surface area contributed by atoms with Crippen molar-refractivity contribution in [2.75, 3.05) is 11.9 Å². The van der Waals surface area contributed by atoms with Crippen LogP contribution in [0.1, 0.15) is 149 Å².